The molecule has 0 atom stereocenters. The van der Waals surface area contributed by atoms with Crippen LogP contribution in [0.3, 0.4) is 0 Å². The van der Waals surface area contributed by atoms with Gasteiger partial charge in [-0.15, -0.1) is 0 Å². The lowest BCUT2D eigenvalue weighted by atomic mass is 9.95. The Labute approximate surface area is 236 Å². The molecule has 3 N–H and O–H groups in total. The third-order valence-electron chi connectivity index (χ3n) is 6.44. The van der Waals surface area contributed by atoms with Gasteiger partial charge in [0.1, 0.15) is 0 Å². The summed E-state index contributed by atoms with van der Waals surface area (Å²) in [7, 11) is 0. The second-order valence-corrected chi connectivity index (χ2v) is 9.39. The van der Waals surface area contributed by atoms with Crippen molar-refractivity contribution in [1.82, 2.24) is 5.32 Å². The van der Waals surface area contributed by atoms with Crippen molar-refractivity contribution in [2.24, 2.45) is 5.73 Å². The normalized spacial score (nSPS) is 12.7. The van der Waals surface area contributed by atoms with Gasteiger partial charge in [0.25, 0.3) is 0 Å². The Morgan fingerprint density at radius 3 is 1.90 bits per heavy atom. The zero-order valence-corrected chi connectivity index (χ0v) is 23.1. The van der Waals surface area contributed by atoms with Crippen LogP contribution >= 0.6 is 0 Å². The zero-order valence-electron chi connectivity index (χ0n) is 23.1. The molecule has 1 heterocycles. The first kappa shape index (κ1) is 31.2. The van der Waals surface area contributed by atoms with Crippen LogP contribution in [0.1, 0.15) is 36.0 Å². The van der Waals surface area contributed by atoms with Gasteiger partial charge >= 0.3 is 0 Å². The third kappa shape index (κ3) is 11.4. The van der Waals surface area contributed by atoms with Crippen LogP contribution in [-0.2, 0) is 52.7 Å². The number of hydrogen-bond donors (Lipinski definition) is 2. The highest BCUT2D eigenvalue weighted by Crippen LogP contribution is 2.29. The summed E-state index contributed by atoms with van der Waals surface area (Å²) in [4.78, 5) is 38.0. The minimum absolute atomic E-state index is 0.0627. The van der Waals surface area contributed by atoms with Gasteiger partial charge < -0.3 is 34.9 Å². The molecule has 10 heteroatoms. The second-order valence-electron chi connectivity index (χ2n) is 9.39. The van der Waals surface area contributed by atoms with E-state index >= 15 is 0 Å². The van der Waals surface area contributed by atoms with Gasteiger partial charge in [-0.3, -0.25) is 14.4 Å². The summed E-state index contributed by atoms with van der Waals surface area (Å²) in [6, 6.07) is 16.2. The van der Waals surface area contributed by atoms with E-state index in [1.54, 1.807) is 0 Å². The molecule has 3 amide bonds. The zero-order chi connectivity index (χ0) is 28.4. The number of primary amides is 1. The van der Waals surface area contributed by atoms with Crippen LogP contribution in [0.4, 0.5) is 5.69 Å². The molecule has 0 fully saturated rings. The van der Waals surface area contributed by atoms with Crippen LogP contribution in [0.2, 0.25) is 0 Å². The molecule has 40 heavy (non-hydrogen) atoms. The van der Waals surface area contributed by atoms with E-state index in [4.69, 9.17) is 24.7 Å². The number of nitrogens with two attached hydrogens (primary N) is 1. The first-order valence-corrected chi connectivity index (χ1v) is 13.9. The SMILES string of the molecule is NC(=O)CCOCCOCCOCCOCCNC(=O)CCC(=O)N1Cc2ccccc2CCc2ccccc21. The molecule has 10 nitrogen and oxygen atoms in total. The molecule has 0 aromatic heterocycles. The Morgan fingerprint density at radius 2 is 1.23 bits per heavy atom. The van der Waals surface area contributed by atoms with E-state index in [-0.39, 0.29) is 37.0 Å². The van der Waals surface area contributed by atoms with E-state index in [0.717, 1.165) is 29.7 Å². The number of fused-ring (bicyclic) bond motifs is 2. The lowest BCUT2D eigenvalue weighted by Crippen LogP contribution is -2.34. The first-order valence-electron chi connectivity index (χ1n) is 13.9. The molecule has 0 aliphatic carbocycles. The van der Waals surface area contributed by atoms with Gasteiger partial charge in [-0.2, -0.15) is 0 Å². The standard InChI is InChI=1S/C30H41N3O7/c31-28(34)13-15-37-17-19-39-21-22-40-20-18-38-16-14-32-29(35)11-12-30(36)33-23-26-7-2-1-5-24(26)9-10-25-6-3-4-8-27(25)33/h1-8H,9-23H2,(H2,31,34)(H,32,35). The van der Waals surface area contributed by atoms with Crippen LogP contribution < -0.4 is 16.0 Å². The van der Waals surface area contributed by atoms with E-state index < -0.39 is 0 Å². The molecule has 0 bridgehead atoms. The van der Waals surface area contributed by atoms with E-state index in [1.165, 1.54) is 5.56 Å². The average molecular weight is 556 g/mol. The summed E-state index contributed by atoms with van der Waals surface area (Å²) in [5.74, 6) is -0.625. The Bertz CT molecular complexity index is 1080. The molecule has 218 valence electrons. The molecule has 0 saturated carbocycles. The van der Waals surface area contributed by atoms with E-state index in [1.807, 2.05) is 35.2 Å². The van der Waals surface area contributed by atoms with Gasteiger partial charge in [0.2, 0.25) is 17.7 Å². The van der Waals surface area contributed by atoms with Gasteiger partial charge in [-0.1, -0.05) is 42.5 Å². The number of hydrogen-bond acceptors (Lipinski definition) is 7. The highest BCUT2D eigenvalue weighted by atomic mass is 16.6. The van der Waals surface area contributed by atoms with E-state index in [2.05, 4.69) is 23.5 Å². The summed E-state index contributed by atoms with van der Waals surface area (Å²) < 4.78 is 21.5. The van der Waals surface area contributed by atoms with Crippen molar-refractivity contribution in [3.8, 4) is 0 Å². The van der Waals surface area contributed by atoms with Crippen LogP contribution in [0.25, 0.3) is 0 Å². The number of nitrogens with one attached hydrogen (secondary N) is 1. The van der Waals surface area contributed by atoms with Crippen molar-refractivity contribution in [3.63, 3.8) is 0 Å². The number of aryl methyl sites for hydroxylation is 2. The van der Waals surface area contributed by atoms with Gasteiger partial charge in [0, 0.05) is 31.5 Å². The fourth-order valence-corrected chi connectivity index (χ4v) is 4.33. The molecule has 0 saturated heterocycles. The molecule has 2 aromatic carbocycles. The van der Waals surface area contributed by atoms with Crippen LogP contribution in [-0.4, -0.2) is 77.1 Å². The summed E-state index contributed by atoms with van der Waals surface area (Å²) in [6.07, 6.45) is 2.28. The number of amides is 3. The largest absolute Gasteiger partial charge is 0.379 e. The predicted molar refractivity (Wildman–Crippen MR) is 151 cm³/mol. The number of anilines is 1. The summed E-state index contributed by atoms with van der Waals surface area (Å²) >= 11 is 0. The number of carbonyl (C=O) groups excluding carboxylic acids is 3. The predicted octanol–water partition coefficient (Wildman–Crippen LogP) is 2.16. The molecular weight excluding hydrogens is 514 g/mol. The van der Waals surface area contributed by atoms with Crippen molar-refractivity contribution < 1.29 is 33.3 Å². The number of para-hydroxylation sites is 1. The number of carbonyl (C=O) groups is 3. The van der Waals surface area contributed by atoms with Crippen molar-refractivity contribution in [1.29, 1.82) is 0 Å². The third-order valence-corrected chi connectivity index (χ3v) is 6.44. The fourth-order valence-electron chi connectivity index (χ4n) is 4.33. The summed E-state index contributed by atoms with van der Waals surface area (Å²) in [6.45, 7) is 4.04. The molecule has 1 aliphatic rings. The molecule has 0 unspecified atom stereocenters. The maximum absolute atomic E-state index is 13.2. The van der Waals surface area contributed by atoms with Gasteiger partial charge in [0.05, 0.1) is 59.4 Å². The van der Waals surface area contributed by atoms with E-state index in [9.17, 15) is 14.4 Å². The van der Waals surface area contributed by atoms with Crippen molar-refractivity contribution >= 4 is 23.4 Å². The Kier molecular flexibility index (Phi) is 14.1. The quantitative estimate of drug-likeness (QED) is 0.270. The lowest BCUT2D eigenvalue weighted by Gasteiger charge is -2.29. The molecule has 1 aliphatic heterocycles. The Hall–Kier alpha value is -3.31. The van der Waals surface area contributed by atoms with Gasteiger partial charge in [0.15, 0.2) is 0 Å². The maximum atomic E-state index is 13.2. The minimum Gasteiger partial charge on any atom is -0.379 e. The number of nitrogens with zero attached hydrogens (tertiary/aromatic N) is 1. The van der Waals surface area contributed by atoms with Crippen molar-refractivity contribution in [2.75, 3.05) is 64.3 Å². The molecule has 0 radical (unpaired) electrons. The topological polar surface area (TPSA) is 129 Å². The van der Waals surface area contributed by atoms with Crippen molar-refractivity contribution in [3.05, 3.63) is 65.2 Å². The smallest absolute Gasteiger partial charge is 0.227 e. The van der Waals surface area contributed by atoms with Crippen LogP contribution in [0.15, 0.2) is 48.5 Å². The first-order chi connectivity index (χ1) is 19.5. The molecule has 2 aromatic rings. The molecule has 0 spiro atoms. The minimum atomic E-state index is -0.386. The summed E-state index contributed by atoms with van der Waals surface area (Å²) in [5.41, 5.74) is 9.49. The van der Waals surface area contributed by atoms with Crippen LogP contribution in [0.5, 0.6) is 0 Å². The second kappa shape index (κ2) is 18.1. The molecular formula is C30H41N3O7. The van der Waals surface area contributed by atoms with Gasteiger partial charge in [-0.05, 0) is 35.6 Å². The van der Waals surface area contributed by atoms with Crippen molar-refractivity contribution in [2.45, 2.75) is 38.6 Å². The van der Waals surface area contributed by atoms with Gasteiger partial charge in [-0.25, -0.2) is 0 Å². The number of rotatable bonds is 18. The van der Waals surface area contributed by atoms with E-state index in [0.29, 0.717) is 65.9 Å². The Morgan fingerprint density at radius 1 is 0.675 bits per heavy atom. The average Bonchev–Trinajstić information content (AvgIpc) is 2.95. The highest BCUT2D eigenvalue weighted by molar-refractivity contribution is 5.96. The highest BCUT2D eigenvalue weighted by Gasteiger charge is 2.22. The molecule has 3 rings (SSSR count). The number of ether oxygens (including phenoxy) is 4. The number of benzene rings is 2. The fraction of sp³-hybridized carbons (Fsp3) is 0.500. The monoisotopic (exact) mass is 555 g/mol. The lowest BCUT2D eigenvalue weighted by molar-refractivity contribution is -0.125. The maximum Gasteiger partial charge on any atom is 0.227 e. The van der Waals surface area contributed by atoms with Crippen LogP contribution in [0, 0.1) is 0 Å². The summed E-state index contributed by atoms with van der Waals surface area (Å²) in [5, 5.41) is 2.81. The Balaban J connectivity index is 1.24.